The van der Waals surface area contributed by atoms with Gasteiger partial charge in [-0.25, -0.2) is 13.2 Å². The zero-order valence-corrected chi connectivity index (χ0v) is 55.4. The Bertz CT molecular complexity index is 3270. The van der Waals surface area contributed by atoms with Crippen LogP contribution in [0.5, 0.6) is 0 Å². The molecule has 24 nitrogen and oxygen atoms in total. The summed E-state index contributed by atoms with van der Waals surface area (Å²) in [5, 5.41) is 24.5. The molecule has 0 spiro atoms. The summed E-state index contributed by atoms with van der Waals surface area (Å²) in [5.74, 6) is -1.76. The van der Waals surface area contributed by atoms with Crippen molar-refractivity contribution in [2.45, 2.75) is 293 Å². The van der Waals surface area contributed by atoms with E-state index in [1.807, 2.05) is 6.92 Å². The summed E-state index contributed by atoms with van der Waals surface area (Å²) in [7, 11) is -9.04. The van der Waals surface area contributed by atoms with E-state index in [4.69, 9.17) is 65.8 Å². The lowest BCUT2D eigenvalue weighted by Gasteiger charge is -2.61. The molecule has 11 fully saturated rings. The zero-order valence-electron chi connectivity index (χ0n) is 53.7. The number of methoxy groups -OCH3 is 1. The maximum Gasteiger partial charge on any atom is 0.432 e. The summed E-state index contributed by atoms with van der Waals surface area (Å²) in [6.45, 7) is 22.4. The predicted molar refractivity (Wildman–Crippen MR) is 322 cm³/mol. The van der Waals surface area contributed by atoms with E-state index in [-0.39, 0.29) is 61.6 Å². The van der Waals surface area contributed by atoms with Gasteiger partial charge in [0.1, 0.15) is 41.7 Å². The van der Waals surface area contributed by atoms with Gasteiger partial charge in [0.15, 0.2) is 0 Å². The summed E-state index contributed by atoms with van der Waals surface area (Å²) < 4.78 is 206. The molecule has 526 valence electrons. The van der Waals surface area contributed by atoms with Crippen molar-refractivity contribution in [3.8, 4) is 0 Å². The summed E-state index contributed by atoms with van der Waals surface area (Å²) in [5.41, 5.74) is -9.47. The van der Waals surface area contributed by atoms with Crippen LogP contribution in [0.4, 0.5) is 13.2 Å². The Morgan fingerprint density at radius 1 is 0.723 bits per heavy atom. The van der Waals surface area contributed by atoms with Crippen LogP contribution < -0.4 is 0 Å². The van der Waals surface area contributed by atoms with Crippen molar-refractivity contribution in [1.29, 1.82) is 0 Å². The number of halogens is 3. The fraction of sp³-hybridized carbons (Fsp3) is 0.769. The number of hydrogen-bond acceptors (Lipinski definition) is 22. The van der Waals surface area contributed by atoms with E-state index in [0.29, 0.717) is 56.9 Å². The third kappa shape index (κ3) is 13.4. The van der Waals surface area contributed by atoms with Crippen molar-refractivity contribution in [2.24, 2.45) is 5.92 Å². The Kier molecular flexibility index (Phi) is 19.2. The predicted octanol–water partition coefficient (Wildman–Crippen LogP) is 6.69. The second-order valence-electron chi connectivity index (χ2n) is 28.8. The molecular formula is C65H89F3O24S2. The van der Waals surface area contributed by atoms with Crippen LogP contribution in [0.3, 0.4) is 0 Å². The molecule has 11 aliphatic rings. The Morgan fingerprint density at radius 3 is 1.90 bits per heavy atom. The van der Waals surface area contributed by atoms with Crippen LogP contribution in [0.2, 0.25) is 0 Å². The maximum atomic E-state index is 14.7. The third-order valence-electron chi connectivity index (χ3n) is 22.2. The number of rotatable bonds is 15. The molecule has 29 heteroatoms. The van der Waals surface area contributed by atoms with Crippen molar-refractivity contribution >= 4 is 26.8 Å². The number of aliphatic hydroxyl groups is 2. The quantitative estimate of drug-likeness (QED) is 0.0615. The van der Waals surface area contributed by atoms with Crippen molar-refractivity contribution < 1.29 is 124 Å². The first-order valence-corrected chi connectivity index (χ1v) is 35.2. The standard InChI is InChI=1S/C65H89F3O24S2/c1-11-37(87-58(70)64(78-10,65(66,67)68)36-15-13-12-14-16-36)33(2)17-20-59(5,71)57-35(4)25-46-45(86-57)31-53-63(9,90-46)56(69)55-49(85-53)29-48-54(88-55)34(3)18-21-61(7)51(84-48)32-50-62(8,92-61)22-19-38-39(83-50)26-41-40(80-38)27-42-43(81-41)28-47-44(82-42)30-52(91-94(75,76)77)60(6,89-47)23-24-79-93(72,73)74/h11-17,20,34,37-57,69,71H,1-2,4,18-19,21-32H2,3,5-10H3,(H,72,73,74)(H,75,76,77)/b20-17-/t34-,37?,38+,39+,40-,41-,42+,43+,44-,45+,46+,47-,48+,49-,50-,51+,52+,53-,54+,55-,56-,57-,59-,60+,61-,62-,63-,64-/m0/s1. The number of fused-ring (bicyclic) bond motifs is 10. The molecule has 0 amide bonds. The van der Waals surface area contributed by atoms with Crippen LogP contribution in [0, 0.1) is 5.92 Å². The molecule has 11 heterocycles. The third-order valence-corrected chi connectivity index (χ3v) is 23.1. The van der Waals surface area contributed by atoms with Gasteiger partial charge in [-0.3, -0.25) is 9.11 Å². The molecule has 11 saturated heterocycles. The summed E-state index contributed by atoms with van der Waals surface area (Å²) in [6.07, 6.45) is -10.0. The molecule has 0 bridgehead atoms. The molecule has 0 aromatic heterocycles. The first-order valence-electron chi connectivity index (χ1n) is 32.5. The smallest absolute Gasteiger partial charge is 0.432 e. The van der Waals surface area contributed by atoms with Crippen LogP contribution in [0.25, 0.3) is 0 Å². The number of esters is 1. The monoisotopic (exact) mass is 1370 g/mol. The van der Waals surface area contributed by atoms with Gasteiger partial charge in [-0.15, -0.1) is 0 Å². The van der Waals surface area contributed by atoms with E-state index in [1.165, 1.54) is 44.2 Å². The van der Waals surface area contributed by atoms with Gasteiger partial charge >= 0.3 is 32.9 Å². The highest BCUT2D eigenvalue weighted by Crippen LogP contribution is 2.55. The number of hydrogen-bond donors (Lipinski definition) is 4. The van der Waals surface area contributed by atoms with E-state index in [1.54, 1.807) is 0 Å². The molecule has 4 N–H and O–H groups in total. The van der Waals surface area contributed by atoms with E-state index in [9.17, 15) is 54.1 Å². The second-order valence-corrected chi connectivity index (χ2v) is 30.9. The van der Waals surface area contributed by atoms with Gasteiger partial charge in [0.05, 0.1) is 121 Å². The number of alkyl halides is 3. The van der Waals surface area contributed by atoms with Gasteiger partial charge in [-0.1, -0.05) is 69.1 Å². The molecule has 12 rings (SSSR count). The highest BCUT2D eigenvalue weighted by Gasteiger charge is 2.67. The second kappa shape index (κ2) is 25.7. The first kappa shape index (κ1) is 70.5. The van der Waals surface area contributed by atoms with E-state index >= 15 is 0 Å². The van der Waals surface area contributed by atoms with Crippen LogP contribution in [-0.2, 0) is 101 Å². The van der Waals surface area contributed by atoms with Gasteiger partial charge in [-0.05, 0) is 89.9 Å². The fourth-order valence-corrected chi connectivity index (χ4v) is 17.8. The number of carbonyl (C=O) groups is 1. The van der Waals surface area contributed by atoms with Crippen molar-refractivity contribution in [1.82, 2.24) is 0 Å². The fourth-order valence-electron chi connectivity index (χ4n) is 17.0. The molecule has 0 aliphatic carbocycles. The average molecular weight is 1380 g/mol. The zero-order chi connectivity index (χ0) is 67.7. The summed E-state index contributed by atoms with van der Waals surface area (Å²) in [6, 6.07) is 6.39. The van der Waals surface area contributed by atoms with Gasteiger partial charge < -0.3 is 71.8 Å². The molecule has 1 aromatic carbocycles. The van der Waals surface area contributed by atoms with E-state index in [2.05, 4.69) is 44.7 Å². The normalized spacial score (nSPS) is 45.5. The summed E-state index contributed by atoms with van der Waals surface area (Å²) >= 11 is 0. The first-order chi connectivity index (χ1) is 44.0. The van der Waals surface area contributed by atoms with Crippen LogP contribution in [0.1, 0.15) is 131 Å². The topological polar surface area (TPSA) is 305 Å². The molecule has 11 aliphatic heterocycles. The minimum atomic E-state index is -5.22. The molecule has 1 aromatic rings. The number of benzene rings is 1. The van der Waals surface area contributed by atoms with Crippen LogP contribution in [-0.4, -0.2) is 218 Å². The minimum absolute atomic E-state index is 0.0114. The van der Waals surface area contributed by atoms with Crippen LogP contribution in [0.15, 0.2) is 79.4 Å². The van der Waals surface area contributed by atoms with Crippen molar-refractivity contribution in [3.63, 3.8) is 0 Å². The van der Waals surface area contributed by atoms with Crippen LogP contribution >= 0.6 is 0 Å². The average Bonchev–Trinajstić information content (AvgIpc) is 0.844. The van der Waals surface area contributed by atoms with E-state index < -0.39 is 182 Å². The van der Waals surface area contributed by atoms with Gasteiger partial charge in [0.25, 0.3) is 5.60 Å². The molecule has 94 heavy (non-hydrogen) atoms. The summed E-state index contributed by atoms with van der Waals surface area (Å²) in [4.78, 5) is 13.5. The highest BCUT2D eigenvalue weighted by molar-refractivity contribution is 7.81. The Labute approximate surface area is 546 Å². The molecule has 0 saturated carbocycles. The van der Waals surface area contributed by atoms with Gasteiger partial charge in [-0.2, -0.15) is 30.0 Å². The van der Waals surface area contributed by atoms with Gasteiger partial charge in [0.2, 0.25) is 0 Å². The number of aliphatic hydroxyl groups excluding tert-OH is 1. The lowest BCUT2D eigenvalue weighted by Crippen LogP contribution is -2.74. The Morgan fingerprint density at radius 2 is 1.29 bits per heavy atom. The molecular weight excluding hydrogens is 1290 g/mol. The van der Waals surface area contributed by atoms with E-state index in [0.717, 1.165) is 31.7 Å². The molecule has 1 unspecified atom stereocenters. The van der Waals surface area contributed by atoms with Crippen molar-refractivity contribution in [2.75, 3.05) is 13.7 Å². The molecule has 28 atom stereocenters. The minimum Gasteiger partial charge on any atom is -0.451 e. The van der Waals surface area contributed by atoms with Crippen molar-refractivity contribution in [3.05, 3.63) is 85.0 Å². The number of ether oxygens (including phenoxy) is 13. The SMILES string of the molecule is C=CC(OC(=O)[C@@](OC)(c1ccccc1)C(F)(F)F)C(=C)/C=C\[C@](C)(O)[C@H]1O[C@@H]2C[C@@H]3O[C@H]4C[C@H]5O[C@@H]6C[C@@H]7O[C@@H]8C[C@@H]9O[C@@H]%10C[C@@H]%11O[C@](C)(CCOS(=O)(=O)O)[C@H](OS(=O)(=O)O)C[C@@H]%11O[C@@H]%10C[C@@H]9O[C@@H]8CC[C@]7(C)O[C@@]6(C)CC[C@H](C)[C@H]5O[C@@H]4[C@H](O)[C@@]3(C)O[C@@H]2CC1=C. The highest BCUT2D eigenvalue weighted by atomic mass is 32.3. The maximum absolute atomic E-state index is 14.7. The lowest BCUT2D eigenvalue weighted by atomic mass is 9.73. The Hall–Kier alpha value is -3.38. The Balaban J connectivity index is 0.686. The lowest BCUT2D eigenvalue weighted by molar-refractivity contribution is -0.369. The largest absolute Gasteiger partial charge is 0.451 e. The number of carbonyl (C=O) groups excluding carboxylic acids is 1. The van der Waals surface area contributed by atoms with Gasteiger partial charge in [0, 0.05) is 64.0 Å². The molecule has 0 radical (unpaired) electrons.